The highest BCUT2D eigenvalue weighted by molar-refractivity contribution is 6.20. The Balaban J connectivity index is 1.27. The molecule has 1 saturated heterocycles. The number of hydrogen-bond donors (Lipinski definition) is 2. The quantitative estimate of drug-likeness (QED) is 0.720. The van der Waals surface area contributed by atoms with E-state index in [4.69, 9.17) is 0 Å². The molecule has 0 bridgehead atoms. The fourth-order valence-corrected chi connectivity index (χ4v) is 3.77. The number of pyridine rings is 1. The molecule has 0 amide bonds. The number of aliphatic imine (C=N–C) groups is 1. The normalized spacial score (nSPS) is 17.8. The highest BCUT2D eigenvalue weighted by atomic mass is 16.3. The number of nitrogens with one attached hydrogen (secondary N) is 1. The van der Waals surface area contributed by atoms with Crippen LogP contribution in [0, 0.1) is 0 Å². The van der Waals surface area contributed by atoms with E-state index < -0.39 is 0 Å². The van der Waals surface area contributed by atoms with Crippen LogP contribution < -0.4 is 4.90 Å². The van der Waals surface area contributed by atoms with Gasteiger partial charge in [0.1, 0.15) is 5.69 Å². The molecule has 1 aromatic carbocycles. The molecule has 7 nitrogen and oxygen atoms in total. The Morgan fingerprint density at radius 2 is 1.86 bits per heavy atom. The van der Waals surface area contributed by atoms with Crippen LogP contribution in [0.5, 0.6) is 5.88 Å². The number of anilines is 1. The average molecular weight is 386 g/mol. The first-order chi connectivity index (χ1) is 14.3. The third-order valence-corrected chi connectivity index (χ3v) is 5.34. The van der Waals surface area contributed by atoms with Gasteiger partial charge in [-0.25, -0.2) is 9.98 Å². The zero-order valence-electron chi connectivity index (χ0n) is 16.0. The van der Waals surface area contributed by atoms with Crippen molar-refractivity contribution in [1.29, 1.82) is 0 Å². The fourth-order valence-electron chi connectivity index (χ4n) is 3.77. The molecule has 1 fully saturated rings. The molecule has 7 heteroatoms. The van der Waals surface area contributed by atoms with E-state index in [1.165, 1.54) is 5.56 Å². The lowest BCUT2D eigenvalue weighted by atomic mass is 10.1. The Bertz CT molecular complexity index is 1060. The van der Waals surface area contributed by atoms with Gasteiger partial charge in [-0.15, -0.1) is 0 Å². The number of hydrogen-bond acceptors (Lipinski definition) is 6. The number of nitrogens with zero attached hydrogens (tertiary/aromatic N) is 5. The van der Waals surface area contributed by atoms with Crippen molar-refractivity contribution in [2.45, 2.75) is 6.54 Å². The van der Waals surface area contributed by atoms with Crippen LogP contribution in [0.2, 0.25) is 0 Å². The standard InChI is InChI=1S/C22H22N6O/c29-21-19(13-17-14-24-20-18(17)7-4-8-23-20)25-22(26-21)28-11-9-27(10-12-28)15-16-5-2-1-3-6-16/h1-8,13-14,29H,9-12,15H2,(H,25,26). The maximum atomic E-state index is 10.3. The van der Waals surface area contributed by atoms with E-state index >= 15 is 0 Å². The molecule has 3 aromatic rings. The number of imidazole rings is 1. The zero-order chi connectivity index (χ0) is 19.6. The number of fused-ring (bicyclic) bond motifs is 1. The number of allylic oxidation sites excluding steroid dienone is 1. The third kappa shape index (κ3) is 3.64. The number of aromatic amines is 1. The zero-order valence-corrected chi connectivity index (χ0v) is 16.0. The minimum absolute atomic E-state index is 0.00459. The van der Waals surface area contributed by atoms with Crippen LogP contribution in [-0.2, 0) is 6.54 Å². The van der Waals surface area contributed by atoms with Gasteiger partial charge in [0, 0.05) is 56.3 Å². The van der Waals surface area contributed by atoms with Crippen molar-refractivity contribution in [3.05, 3.63) is 65.5 Å². The van der Waals surface area contributed by atoms with Gasteiger partial charge in [0.15, 0.2) is 5.82 Å². The lowest BCUT2D eigenvalue weighted by molar-refractivity contribution is 0.249. The number of H-pyrrole nitrogens is 1. The van der Waals surface area contributed by atoms with Gasteiger partial charge in [0.25, 0.3) is 0 Å². The summed E-state index contributed by atoms with van der Waals surface area (Å²) in [6.07, 6.45) is 5.36. The Labute approximate surface area is 169 Å². The highest BCUT2D eigenvalue weighted by Crippen LogP contribution is 2.32. The van der Waals surface area contributed by atoms with E-state index in [0.717, 1.165) is 43.9 Å². The van der Waals surface area contributed by atoms with Crippen molar-refractivity contribution in [3.63, 3.8) is 0 Å². The summed E-state index contributed by atoms with van der Waals surface area (Å²) >= 11 is 0. The molecule has 4 heterocycles. The van der Waals surface area contributed by atoms with Crippen molar-refractivity contribution in [3.8, 4) is 5.88 Å². The van der Waals surface area contributed by atoms with Gasteiger partial charge < -0.3 is 15.0 Å². The van der Waals surface area contributed by atoms with Crippen molar-refractivity contribution in [2.75, 3.05) is 31.1 Å². The molecular weight excluding hydrogens is 364 g/mol. The van der Waals surface area contributed by atoms with Gasteiger partial charge in [-0.05, 0) is 23.8 Å². The Kier molecular flexibility index (Phi) is 4.57. The van der Waals surface area contributed by atoms with Crippen LogP contribution in [0.25, 0.3) is 11.6 Å². The smallest absolute Gasteiger partial charge is 0.238 e. The maximum absolute atomic E-state index is 10.3. The fraction of sp³-hybridized carbons (Fsp3) is 0.227. The highest BCUT2D eigenvalue weighted by Gasteiger charge is 2.21. The van der Waals surface area contributed by atoms with Crippen LogP contribution in [0.3, 0.4) is 0 Å². The summed E-state index contributed by atoms with van der Waals surface area (Å²) < 4.78 is 0. The van der Waals surface area contributed by atoms with Crippen LogP contribution in [0.4, 0.5) is 11.8 Å². The molecule has 0 saturated carbocycles. The van der Waals surface area contributed by atoms with Crippen LogP contribution >= 0.6 is 0 Å². The minimum Gasteiger partial charge on any atom is -0.492 e. The molecule has 0 spiro atoms. The number of benzene rings is 1. The van der Waals surface area contributed by atoms with E-state index in [1.54, 1.807) is 12.4 Å². The van der Waals surface area contributed by atoms with Crippen LogP contribution in [0.15, 0.2) is 53.7 Å². The number of aromatic hydroxyl groups is 1. The maximum Gasteiger partial charge on any atom is 0.238 e. The number of rotatable bonds is 4. The molecule has 2 aliphatic heterocycles. The Morgan fingerprint density at radius 1 is 1.03 bits per heavy atom. The Morgan fingerprint density at radius 3 is 2.69 bits per heavy atom. The summed E-state index contributed by atoms with van der Waals surface area (Å²) in [6.45, 7) is 4.60. The third-order valence-electron chi connectivity index (χ3n) is 5.34. The molecule has 0 unspecified atom stereocenters. The summed E-state index contributed by atoms with van der Waals surface area (Å²) in [5, 5.41) is 10.3. The number of piperazine rings is 1. The summed E-state index contributed by atoms with van der Waals surface area (Å²) in [7, 11) is 0. The van der Waals surface area contributed by atoms with Crippen molar-refractivity contribution in [2.24, 2.45) is 4.99 Å². The van der Waals surface area contributed by atoms with Gasteiger partial charge in [0.2, 0.25) is 11.8 Å². The molecule has 2 aliphatic rings. The van der Waals surface area contributed by atoms with Gasteiger partial charge >= 0.3 is 0 Å². The Hall–Kier alpha value is -3.45. The summed E-state index contributed by atoms with van der Waals surface area (Å²) in [5.41, 5.74) is 3.78. The van der Waals surface area contributed by atoms with E-state index in [9.17, 15) is 5.11 Å². The molecule has 0 aliphatic carbocycles. The lowest BCUT2D eigenvalue weighted by Gasteiger charge is -2.34. The van der Waals surface area contributed by atoms with Crippen molar-refractivity contribution < 1.29 is 5.11 Å². The topological polar surface area (TPSA) is 80.6 Å². The first-order valence-electron chi connectivity index (χ1n) is 9.77. The first-order valence-corrected chi connectivity index (χ1v) is 9.77. The van der Waals surface area contributed by atoms with E-state index in [1.807, 2.05) is 24.3 Å². The SMILES string of the molecule is Oc1nc(N2CCN(Cc3ccccc3)CC2)[nH]c1C=C1C=Nc2ncccc21. The van der Waals surface area contributed by atoms with Crippen molar-refractivity contribution in [1.82, 2.24) is 19.9 Å². The molecule has 2 N–H and O–H groups in total. The molecular formula is C22H22N6O. The van der Waals surface area contributed by atoms with Gasteiger partial charge in [-0.3, -0.25) is 4.90 Å². The second kappa shape index (κ2) is 7.52. The molecule has 0 atom stereocenters. The lowest BCUT2D eigenvalue weighted by Crippen LogP contribution is -2.46. The largest absolute Gasteiger partial charge is 0.492 e. The molecule has 5 rings (SSSR count). The summed E-state index contributed by atoms with van der Waals surface area (Å²) in [4.78, 5) is 20.8. The van der Waals surface area contributed by atoms with Crippen LogP contribution in [0.1, 0.15) is 16.8 Å². The van der Waals surface area contributed by atoms with Crippen molar-refractivity contribution >= 4 is 29.6 Å². The minimum atomic E-state index is 0.00459. The van der Waals surface area contributed by atoms with Crippen LogP contribution in [-0.4, -0.2) is 57.4 Å². The first kappa shape index (κ1) is 17.6. The van der Waals surface area contributed by atoms with Gasteiger partial charge in [-0.1, -0.05) is 30.3 Å². The number of aromatic nitrogens is 3. The van der Waals surface area contributed by atoms with E-state index in [0.29, 0.717) is 17.5 Å². The predicted molar refractivity (Wildman–Crippen MR) is 114 cm³/mol. The van der Waals surface area contributed by atoms with E-state index in [-0.39, 0.29) is 5.88 Å². The van der Waals surface area contributed by atoms with Gasteiger partial charge in [0.05, 0.1) is 0 Å². The molecule has 2 aromatic heterocycles. The monoisotopic (exact) mass is 386 g/mol. The summed E-state index contributed by atoms with van der Waals surface area (Å²) in [6, 6.07) is 14.4. The predicted octanol–water partition coefficient (Wildman–Crippen LogP) is 3.09. The van der Waals surface area contributed by atoms with E-state index in [2.05, 4.69) is 54.0 Å². The average Bonchev–Trinajstić information content (AvgIpc) is 3.33. The second-order valence-electron chi connectivity index (χ2n) is 7.28. The molecule has 146 valence electrons. The molecule has 0 radical (unpaired) electrons. The second-order valence-corrected chi connectivity index (χ2v) is 7.28. The van der Waals surface area contributed by atoms with Gasteiger partial charge in [-0.2, -0.15) is 4.98 Å². The molecule has 29 heavy (non-hydrogen) atoms. The summed E-state index contributed by atoms with van der Waals surface area (Å²) in [5.74, 6) is 1.41.